The van der Waals surface area contributed by atoms with Crippen molar-refractivity contribution in [1.82, 2.24) is 9.97 Å². The highest BCUT2D eigenvalue weighted by molar-refractivity contribution is 5.98. The van der Waals surface area contributed by atoms with Crippen LogP contribution < -0.4 is 55.7 Å². The topological polar surface area (TPSA) is 258 Å². The second kappa shape index (κ2) is 51.5. The van der Waals surface area contributed by atoms with Crippen LogP contribution in [-0.2, 0) is 99.9 Å². The van der Waals surface area contributed by atoms with Gasteiger partial charge in [0.15, 0.2) is 11.5 Å². The molecule has 6 N–H and O–H groups in total. The molecule has 0 spiro atoms. The molecule has 0 radical (unpaired) electrons. The fourth-order valence-electron chi connectivity index (χ4n) is 17.4. The SMILES string of the molecule is CC(=O)N1CCc2cc(NC(=O)CCc3ccc(C(C)(C)C)cc3)ccc21.CC(C)(C)c1ccc(CCC(=O)Nc2ccc3cccnc3c2)cc1.COc1ccc(NC(=O)CCc2ccc(C(C)(C)C)cc2)cc1.COc1cccc(NC(=O)CCc2ccc(C(C)(C)C)cc2)c1.O=C(CC1c2ccccc2-c2ccccc21)Nc1ccc2c(c1)OCCO2.O=C(CCc1ccc(C(F)(F)F)cc1)Nc1ccc2cccnc2c1. The Morgan fingerprint density at radius 2 is 0.687 bits per heavy atom. The Morgan fingerprint density at radius 3 is 1.08 bits per heavy atom. The van der Waals surface area contributed by atoms with Crippen molar-refractivity contribution in [2.75, 3.05) is 70.8 Å². The zero-order chi connectivity index (χ0) is 107. The zero-order valence-corrected chi connectivity index (χ0v) is 88.3. The van der Waals surface area contributed by atoms with Gasteiger partial charge in [-0.05, 0) is 253 Å². The predicted molar refractivity (Wildman–Crippen MR) is 599 cm³/mol. The van der Waals surface area contributed by atoms with Crippen molar-refractivity contribution in [3.8, 4) is 34.1 Å². The maximum atomic E-state index is 12.8. The Bertz CT molecular complexity index is 6940. The van der Waals surface area contributed by atoms with E-state index in [4.69, 9.17) is 18.9 Å². The number of aromatic nitrogens is 2. The molecule has 0 saturated carbocycles. The summed E-state index contributed by atoms with van der Waals surface area (Å²) in [6, 6.07) is 101. The van der Waals surface area contributed by atoms with Gasteiger partial charge in [0.05, 0.1) is 30.8 Å². The normalized spacial score (nSPS) is 12.2. The van der Waals surface area contributed by atoms with Crippen LogP contribution in [0.4, 0.5) is 53.0 Å². The highest BCUT2D eigenvalue weighted by atomic mass is 19.4. The standard InChI is InChI=1S/C23H28N2O2.C23H19NO3.C22H24N2O.2C20H25NO2.C19H15F3N2O/c1-16(26)25-14-13-18-15-20(10-11-21(18)25)24-22(27)12-7-17-5-8-19(9-6-17)23(2,3)4;25-23(24-15-9-10-21-22(13-15)27-12-11-26-21)14-20-18-7-3-1-5-16(18)17-6-2-4-8-19(17)20;1-22(2,3)18-10-6-16(7-11-18)8-13-21(25)24-19-12-9-17-5-4-14-23-20(17)15-19;1-20(2,3)16-8-5-15(6-9-16)7-14-19(22)21-17-10-12-18(23-4)13-11-17;1-20(2,3)16-11-8-15(9-12-16)10-13-19(22)21-17-6-5-7-18(14-17)23-4;20-19(21,22)15-7-3-13(4-8-15)5-10-18(25)24-16-9-6-14-2-1-11-23-17(14)12-16/h5-6,8-11,15H,7,12-14H2,1-4H3,(H,24,27);1-10,13,20H,11-12,14H2,(H,24,25);4-7,9-12,14-15H,8,13H2,1-3H3,(H,24,25);5-6,8-13H,7,14H2,1-4H3,(H,21,22);5-9,11-12,14H,10,13H2,1-4H3,(H,21,22);1-4,6-9,11-12H,5,10H2,(H,24,25). The van der Waals surface area contributed by atoms with E-state index in [1.165, 1.54) is 78.9 Å². The number of alkyl halides is 3. The summed E-state index contributed by atoms with van der Waals surface area (Å²) >= 11 is 0. The first kappa shape index (κ1) is 111. The fourth-order valence-corrected chi connectivity index (χ4v) is 17.4. The number of hydrogen-bond acceptors (Lipinski definition) is 13. The Hall–Kier alpha value is -16.0. The number of halogens is 3. The van der Waals surface area contributed by atoms with Crippen LogP contribution in [0.25, 0.3) is 32.9 Å². The summed E-state index contributed by atoms with van der Waals surface area (Å²) in [5, 5.41) is 19.6. The highest BCUT2D eigenvalue weighted by Crippen LogP contribution is 2.47. The van der Waals surface area contributed by atoms with E-state index in [2.05, 4.69) is 246 Å². The number of methoxy groups -OCH3 is 2. The third-order valence-electron chi connectivity index (χ3n) is 26.1. The molecule has 7 amide bonds. The van der Waals surface area contributed by atoms with Crippen molar-refractivity contribution in [2.24, 2.45) is 0 Å². The molecule has 3 aliphatic rings. The van der Waals surface area contributed by atoms with Gasteiger partial charge in [-0.1, -0.05) is 271 Å². The lowest BCUT2D eigenvalue weighted by Gasteiger charge is -2.19. The number of carbonyl (C=O) groups is 7. The summed E-state index contributed by atoms with van der Waals surface area (Å²) in [7, 11) is 3.24. The van der Waals surface area contributed by atoms with Gasteiger partial charge >= 0.3 is 6.18 Å². The van der Waals surface area contributed by atoms with Crippen molar-refractivity contribution in [3.05, 3.63) is 400 Å². The Labute approximate surface area is 879 Å². The van der Waals surface area contributed by atoms with Gasteiger partial charge in [-0.15, -0.1) is 0 Å². The van der Waals surface area contributed by atoms with Crippen molar-refractivity contribution in [2.45, 2.75) is 201 Å². The minimum absolute atomic E-state index is 0.0104. The number of nitrogens with zero attached hydrogens (tertiary/aromatic N) is 3. The fraction of sp³-hybridized carbons (Fsp3) is 0.283. The predicted octanol–water partition coefficient (Wildman–Crippen LogP) is 28.1. The number of hydrogen-bond donors (Lipinski definition) is 6. The lowest BCUT2D eigenvalue weighted by Crippen LogP contribution is -2.25. The molecule has 0 saturated heterocycles. The minimum atomic E-state index is -4.35. The average Bonchev–Trinajstić information content (AvgIpc) is 1.61. The summed E-state index contributed by atoms with van der Waals surface area (Å²) in [5.41, 5.74) is 23.7. The highest BCUT2D eigenvalue weighted by Gasteiger charge is 2.32. The van der Waals surface area contributed by atoms with Crippen LogP contribution in [-0.4, -0.2) is 85.3 Å². The smallest absolute Gasteiger partial charge is 0.416 e. The molecule has 13 aromatic carbocycles. The van der Waals surface area contributed by atoms with E-state index in [9.17, 15) is 46.7 Å². The molecule has 776 valence electrons. The molecular formula is C127H136F3N9O11. The number of benzene rings is 13. The molecule has 0 atom stereocenters. The number of rotatable bonds is 25. The number of anilines is 7. The average molecular weight is 2020 g/mol. The van der Waals surface area contributed by atoms with Gasteiger partial charge < -0.3 is 55.7 Å². The third kappa shape index (κ3) is 33.2. The van der Waals surface area contributed by atoms with Gasteiger partial charge in [0.2, 0.25) is 41.4 Å². The molecule has 150 heavy (non-hydrogen) atoms. The second-order valence-corrected chi connectivity index (χ2v) is 41.6. The van der Waals surface area contributed by atoms with Crippen LogP contribution in [0, 0.1) is 0 Å². The number of aryl methyl sites for hydroxylation is 5. The van der Waals surface area contributed by atoms with Crippen LogP contribution in [0.2, 0.25) is 0 Å². The summed E-state index contributed by atoms with van der Waals surface area (Å²) < 4.78 is 58.9. The lowest BCUT2D eigenvalue weighted by molar-refractivity contribution is -0.137. The monoisotopic (exact) mass is 2020 g/mol. The van der Waals surface area contributed by atoms with Crippen LogP contribution in [0.5, 0.6) is 23.0 Å². The lowest BCUT2D eigenvalue weighted by atomic mass is 9.86. The van der Waals surface area contributed by atoms with Gasteiger partial charge in [0.1, 0.15) is 24.7 Å². The van der Waals surface area contributed by atoms with Gasteiger partial charge in [-0.3, -0.25) is 43.5 Å². The van der Waals surface area contributed by atoms with E-state index in [1.807, 2.05) is 158 Å². The van der Waals surface area contributed by atoms with E-state index in [1.54, 1.807) is 50.6 Å². The van der Waals surface area contributed by atoms with Crippen molar-refractivity contribution >= 4 is 103 Å². The largest absolute Gasteiger partial charge is 0.497 e. The molecule has 15 aromatic rings. The number of ether oxygens (including phenoxy) is 4. The quantitative estimate of drug-likeness (QED) is 0.0312. The third-order valence-corrected chi connectivity index (χ3v) is 26.1. The Kier molecular flexibility index (Phi) is 38.2. The van der Waals surface area contributed by atoms with Crippen LogP contribution in [0.15, 0.2) is 328 Å². The molecule has 20 nitrogen and oxygen atoms in total. The first-order valence-electron chi connectivity index (χ1n) is 50.9. The first-order valence-corrected chi connectivity index (χ1v) is 50.9. The molecule has 0 bridgehead atoms. The first-order chi connectivity index (χ1) is 71.6. The maximum Gasteiger partial charge on any atom is 0.416 e. The van der Waals surface area contributed by atoms with Crippen molar-refractivity contribution in [3.63, 3.8) is 0 Å². The number of fused-ring (bicyclic) bond motifs is 7. The van der Waals surface area contributed by atoms with E-state index in [-0.39, 0.29) is 75.3 Å². The Morgan fingerprint density at radius 1 is 0.340 bits per heavy atom. The molecule has 2 aromatic heterocycles. The molecule has 2 aliphatic heterocycles. The van der Waals surface area contributed by atoms with Gasteiger partial charge in [0, 0.05) is 133 Å². The molecule has 4 heterocycles. The summed E-state index contributed by atoms with van der Waals surface area (Å²) in [4.78, 5) is 95.4. The van der Waals surface area contributed by atoms with Crippen LogP contribution in [0.3, 0.4) is 0 Å². The maximum absolute atomic E-state index is 12.8. The number of pyridine rings is 2. The van der Waals surface area contributed by atoms with Crippen molar-refractivity contribution < 1.29 is 65.7 Å². The molecule has 23 heteroatoms. The second-order valence-electron chi connectivity index (χ2n) is 41.6. The number of carbonyl (C=O) groups excluding carboxylic acids is 7. The zero-order valence-electron chi connectivity index (χ0n) is 88.3. The van der Waals surface area contributed by atoms with Gasteiger partial charge in [-0.2, -0.15) is 13.2 Å². The van der Waals surface area contributed by atoms with Gasteiger partial charge in [-0.25, -0.2) is 0 Å². The molecule has 1 aliphatic carbocycles. The van der Waals surface area contributed by atoms with E-state index in [0.717, 1.165) is 123 Å². The molecule has 18 rings (SSSR count). The number of nitrogens with one attached hydrogen (secondary N) is 6. The minimum Gasteiger partial charge on any atom is -0.497 e. The Balaban J connectivity index is 0.000000150. The van der Waals surface area contributed by atoms with Gasteiger partial charge in [0.25, 0.3) is 0 Å². The molecule has 0 fully saturated rings. The van der Waals surface area contributed by atoms with E-state index >= 15 is 0 Å². The number of amides is 7. The van der Waals surface area contributed by atoms with Crippen LogP contribution in [0.1, 0.15) is 207 Å². The summed E-state index contributed by atoms with van der Waals surface area (Å²) in [6.45, 7) is 29.8. The van der Waals surface area contributed by atoms with E-state index in [0.29, 0.717) is 75.3 Å². The molecule has 0 unspecified atom stereocenters. The summed E-state index contributed by atoms with van der Waals surface area (Å²) in [6.07, 6.45) is 5.68. The van der Waals surface area contributed by atoms with Crippen LogP contribution >= 0.6 is 0 Å². The molecular weight excluding hydrogens is 1880 g/mol. The van der Waals surface area contributed by atoms with E-state index < -0.39 is 11.7 Å². The summed E-state index contributed by atoms with van der Waals surface area (Å²) in [5.74, 6) is 2.91. The van der Waals surface area contributed by atoms with Crippen molar-refractivity contribution in [1.29, 1.82) is 0 Å².